The number of hydrogen-bond donors (Lipinski definition) is 1. The van der Waals surface area contributed by atoms with E-state index in [0.717, 1.165) is 22.9 Å². The summed E-state index contributed by atoms with van der Waals surface area (Å²) in [6.45, 7) is 1.88. The van der Waals surface area contributed by atoms with E-state index in [4.69, 9.17) is 0 Å². The maximum absolute atomic E-state index is 13.9. The quantitative estimate of drug-likeness (QED) is 0.737. The topological polar surface area (TPSA) is 28.7 Å². The Morgan fingerprint density at radius 3 is 2.45 bits per heavy atom. The lowest BCUT2D eigenvalue weighted by molar-refractivity contribution is 0.585. The third-order valence-electron chi connectivity index (χ3n) is 3.20. The molecule has 0 aliphatic heterocycles. The Balaban J connectivity index is 2.21. The second-order valence-electron chi connectivity index (χ2n) is 4.56. The van der Waals surface area contributed by atoms with Crippen molar-refractivity contribution in [2.24, 2.45) is 0 Å². The van der Waals surface area contributed by atoms with Gasteiger partial charge in [0.05, 0.1) is 0 Å². The van der Waals surface area contributed by atoms with Crippen molar-refractivity contribution in [3.8, 4) is 22.4 Å². The van der Waals surface area contributed by atoms with Gasteiger partial charge in [-0.1, -0.05) is 30.3 Å². The zero-order valence-corrected chi connectivity index (χ0v) is 10.8. The first-order chi connectivity index (χ1) is 9.66. The first kappa shape index (κ1) is 12.5. The van der Waals surface area contributed by atoms with Crippen LogP contribution >= 0.6 is 0 Å². The minimum atomic E-state index is -0.617. The molecule has 20 heavy (non-hydrogen) atoms. The van der Waals surface area contributed by atoms with Crippen LogP contribution in [0, 0.1) is 18.6 Å². The second-order valence-corrected chi connectivity index (χ2v) is 4.56. The van der Waals surface area contributed by atoms with Gasteiger partial charge in [0.15, 0.2) is 0 Å². The van der Waals surface area contributed by atoms with E-state index in [-0.39, 0.29) is 5.56 Å². The summed E-state index contributed by atoms with van der Waals surface area (Å²) in [6.07, 6.45) is 0. The minimum absolute atomic E-state index is 0.287. The number of aryl methyl sites for hydroxylation is 1. The Morgan fingerprint density at radius 1 is 1.00 bits per heavy atom. The molecule has 1 aromatic heterocycles. The van der Waals surface area contributed by atoms with E-state index in [1.165, 1.54) is 12.1 Å². The summed E-state index contributed by atoms with van der Waals surface area (Å²) in [7, 11) is 0. The van der Waals surface area contributed by atoms with Crippen molar-refractivity contribution in [2.45, 2.75) is 6.92 Å². The second kappa shape index (κ2) is 4.89. The molecule has 0 atom stereocenters. The predicted octanol–water partition coefficient (Wildman–Crippen LogP) is 4.33. The lowest BCUT2D eigenvalue weighted by Gasteiger charge is -2.05. The Labute approximate surface area is 115 Å². The van der Waals surface area contributed by atoms with E-state index < -0.39 is 11.6 Å². The van der Waals surface area contributed by atoms with Crippen LogP contribution in [0.5, 0.6) is 0 Å². The molecule has 0 fully saturated rings. The third kappa shape index (κ3) is 2.09. The summed E-state index contributed by atoms with van der Waals surface area (Å²) in [5.74, 6) is -1.21. The van der Waals surface area contributed by atoms with Crippen LogP contribution in [0.2, 0.25) is 0 Å². The van der Waals surface area contributed by atoms with Gasteiger partial charge in [-0.25, -0.2) is 8.78 Å². The number of rotatable bonds is 2. The van der Waals surface area contributed by atoms with Crippen LogP contribution in [0.3, 0.4) is 0 Å². The average Bonchev–Trinajstić information content (AvgIpc) is 2.81. The van der Waals surface area contributed by atoms with Crippen molar-refractivity contribution in [3.63, 3.8) is 0 Å². The van der Waals surface area contributed by atoms with Crippen LogP contribution in [0.25, 0.3) is 22.4 Å². The van der Waals surface area contributed by atoms with E-state index in [9.17, 15) is 8.78 Å². The van der Waals surface area contributed by atoms with Gasteiger partial charge in [-0.2, -0.15) is 5.10 Å². The van der Waals surface area contributed by atoms with Crippen LogP contribution in [0.1, 0.15) is 5.69 Å². The monoisotopic (exact) mass is 270 g/mol. The highest BCUT2D eigenvalue weighted by Gasteiger charge is 2.17. The van der Waals surface area contributed by atoms with Crippen LogP contribution < -0.4 is 0 Å². The SMILES string of the molecule is Cc1[nH]nc(-c2ccc(F)cc2F)c1-c1ccccc1. The molecular weight excluding hydrogens is 258 g/mol. The van der Waals surface area contributed by atoms with Gasteiger partial charge >= 0.3 is 0 Å². The number of hydrogen-bond acceptors (Lipinski definition) is 1. The molecule has 0 radical (unpaired) electrons. The predicted molar refractivity (Wildman–Crippen MR) is 74.1 cm³/mol. The molecular formula is C16H12F2N2. The highest BCUT2D eigenvalue weighted by atomic mass is 19.1. The summed E-state index contributed by atoms with van der Waals surface area (Å²) in [5.41, 5.74) is 3.39. The van der Waals surface area contributed by atoms with E-state index in [2.05, 4.69) is 10.2 Å². The summed E-state index contributed by atoms with van der Waals surface area (Å²) in [6, 6.07) is 13.1. The standard InChI is InChI=1S/C16H12F2N2/c1-10-15(11-5-3-2-4-6-11)16(20-19-10)13-8-7-12(17)9-14(13)18/h2-9H,1H3,(H,19,20). The van der Waals surface area contributed by atoms with E-state index in [1.54, 1.807) is 0 Å². The van der Waals surface area contributed by atoms with Crippen molar-refractivity contribution in [1.82, 2.24) is 10.2 Å². The lowest BCUT2D eigenvalue weighted by Crippen LogP contribution is -1.89. The molecule has 4 heteroatoms. The fourth-order valence-electron chi connectivity index (χ4n) is 2.26. The Bertz CT molecular complexity index is 748. The van der Waals surface area contributed by atoms with Gasteiger partial charge in [-0.15, -0.1) is 0 Å². The van der Waals surface area contributed by atoms with E-state index in [0.29, 0.717) is 5.69 Å². The lowest BCUT2D eigenvalue weighted by atomic mass is 9.99. The molecule has 100 valence electrons. The summed E-state index contributed by atoms with van der Waals surface area (Å²) in [4.78, 5) is 0. The highest BCUT2D eigenvalue weighted by Crippen LogP contribution is 2.34. The summed E-state index contributed by atoms with van der Waals surface area (Å²) in [5, 5.41) is 7.03. The molecule has 1 heterocycles. The van der Waals surface area contributed by atoms with Crippen molar-refractivity contribution in [2.75, 3.05) is 0 Å². The van der Waals surface area contributed by atoms with Gasteiger partial charge in [0.25, 0.3) is 0 Å². The molecule has 0 bridgehead atoms. The molecule has 3 rings (SSSR count). The van der Waals surface area contributed by atoms with Crippen LogP contribution in [-0.2, 0) is 0 Å². The molecule has 0 amide bonds. The zero-order chi connectivity index (χ0) is 14.1. The average molecular weight is 270 g/mol. The number of nitrogens with zero attached hydrogens (tertiary/aromatic N) is 1. The van der Waals surface area contributed by atoms with Gasteiger partial charge in [-0.05, 0) is 24.6 Å². The van der Waals surface area contributed by atoms with E-state index in [1.807, 2.05) is 37.3 Å². The molecule has 2 nitrogen and oxygen atoms in total. The van der Waals surface area contributed by atoms with Crippen LogP contribution in [0.15, 0.2) is 48.5 Å². The summed E-state index contributed by atoms with van der Waals surface area (Å²) >= 11 is 0. The minimum Gasteiger partial charge on any atom is -0.282 e. The molecule has 3 aromatic rings. The number of benzene rings is 2. The first-order valence-electron chi connectivity index (χ1n) is 6.22. The Morgan fingerprint density at radius 2 is 1.75 bits per heavy atom. The number of nitrogens with one attached hydrogen (secondary N) is 1. The molecule has 1 N–H and O–H groups in total. The van der Waals surface area contributed by atoms with Gasteiger partial charge in [0, 0.05) is 22.9 Å². The largest absolute Gasteiger partial charge is 0.282 e. The van der Waals surface area contributed by atoms with Crippen molar-refractivity contribution < 1.29 is 8.78 Å². The molecule has 0 saturated heterocycles. The van der Waals surface area contributed by atoms with Gasteiger partial charge < -0.3 is 0 Å². The Hall–Kier alpha value is -2.49. The van der Waals surface area contributed by atoms with Crippen LogP contribution in [0.4, 0.5) is 8.78 Å². The maximum atomic E-state index is 13.9. The third-order valence-corrected chi connectivity index (χ3v) is 3.20. The zero-order valence-electron chi connectivity index (χ0n) is 10.8. The molecule has 0 aliphatic carbocycles. The van der Waals surface area contributed by atoms with Crippen LogP contribution in [-0.4, -0.2) is 10.2 Å². The van der Waals surface area contributed by atoms with Crippen molar-refractivity contribution in [1.29, 1.82) is 0 Å². The number of H-pyrrole nitrogens is 1. The molecule has 0 saturated carbocycles. The summed E-state index contributed by atoms with van der Waals surface area (Å²) < 4.78 is 27.0. The van der Waals surface area contributed by atoms with Gasteiger partial charge in [0.1, 0.15) is 17.3 Å². The maximum Gasteiger partial charge on any atom is 0.135 e. The van der Waals surface area contributed by atoms with Gasteiger partial charge in [-0.3, -0.25) is 5.10 Å². The molecule has 0 spiro atoms. The van der Waals surface area contributed by atoms with Crippen molar-refractivity contribution >= 4 is 0 Å². The number of aromatic nitrogens is 2. The number of halogens is 2. The first-order valence-corrected chi connectivity index (χ1v) is 6.22. The van der Waals surface area contributed by atoms with Gasteiger partial charge in [0.2, 0.25) is 0 Å². The number of aromatic amines is 1. The Kier molecular flexibility index (Phi) is 3.06. The fraction of sp³-hybridized carbons (Fsp3) is 0.0625. The smallest absolute Gasteiger partial charge is 0.135 e. The van der Waals surface area contributed by atoms with E-state index >= 15 is 0 Å². The normalized spacial score (nSPS) is 10.8. The highest BCUT2D eigenvalue weighted by molar-refractivity contribution is 5.82. The fourth-order valence-corrected chi connectivity index (χ4v) is 2.26. The molecule has 0 aliphatic rings. The molecule has 2 aromatic carbocycles. The molecule has 0 unspecified atom stereocenters. The van der Waals surface area contributed by atoms with Crippen molar-refractivity contribution in [3.05, 3.63) is 65.9 Å².